The minimum absolute atomic E-state index is 0. The molecule has 140 valence electrons. The summed E-state index contributed by atoms with van der Waals surface area (Å²) in [7, 11) is 0. The van der Waals surface area contributed by atoms with Gasteiger partial charge in [-0.15, -0.1) is 12.4 Å². The molecule has 2 aliphatic rings. The highest BCUT2D eigenvalue weighted by Crippen LogP contribution is 2.31. The number of hydrogen-bond acceptors (Lipinski definition) is 4. The van der Waals surface area contributed by atoms with E-state index in [9.17, 15) is 9.18 Å². The van der Waals surface area contributed by atoms with Gasteiger partial charge in [0.15, 0.2) is 5.69 Å². The molecule has 0 saturated carbocycles. The summed E-state index contributed by atoms with van der Waals surface area (Å²) in [6, 6.07) is 4.35. The van der Waals surface area contributed by atoms with Crippen LogP contribution in [0, 0.1) is 5.82 Å². The van der Waals surface area contributed by atoms with Crippen LogP contribution in [0.15, 0.2) is 18.2 Å². The number of halogens is 3. The molecule has 0 aliphatic carbocycles. The fourth-order valence-corrected chi connectivity index (χ4v) is 3.52. The first-order valence-electron chi connectivity index (χ1n) is 8.27. The van der Waals surface area contributed by atoms with Gasteiger partial charge in [0.25, 0.3) is 5.91 Å². The third-order valence-electron chi connectivity index (χ3n) is 4.70. The molecule has 2 aromatic rings. The van der Waals surface area contributed by atoms with Crippen LogP contribution < -0.4 is 10.6 Å². The Labute approximate surface area is 161 Å². The van der Waals surface area contributed by atoms with Crippen molar-refractivity contribution in [1.82, 2.24) is 20.8 Å². The van der Waals surface area contributed by atoms with Gasteiger partial charge in [0.2, 0.25) is 0 Å². The van der Waals surface area contributed by atoms with Crippen molar-refractivity contribution in [3.8, 4) is 0 Å². The van der Waals surface area contributed by atoms with Gasteiger partial charge in [-0.3, -0.25) is 9.89 Å². The van der Waals surface area contributed by atoms with E-state index >= 15 is 0 Å². The van der Waals surface area contributed by atoms with Gasteiger partial charge in [-0.05, 0) is 24.1 Å². The maximum absolute atomic E-state index is 13.7. The Balaban J connectivity index is 0.00000196. The largest absolute Gasteiger partial charge is 0.371 e. The minimum Gasteiger partial charge on any atom is -0.371 e. The van der Waals surface area contributed by atoms with E-state index in [4.69, 9.17) is 16.3 Å². The van der Waals surface area contributed by atoms with Gasteiger partial charge >= 0.3 is 0 Å². The lowest BCUT2D eigenvalue weighted by molar-refractivity contribution is 0.0816. The predicted molar refractivity (Wildman–Crippen MR) is 97.2 cm³/mol. The highest BCUT2D eigenvalue weighted by Gasteiger charge is 2.33. The minimum atomic E-state index is -0.493. The molecular weight excluding hydrogens is 382 g/mol. The molecule has 2 atom stereocenters. The number of nitrogens with zero attached hydrogens (tertiary/aromatic N) is 1. The van der Waals surface area contributed by atoms with Crippen LogP contribution >= 0.6 is 24.0 Å². The van der Waals surface area contributed by atoms with Crippen LogP contribution in [-0.4, -0.2) is 35.3 Å². The molecule has 2 aliphatic heterocycles. The maximum atomic E-state index is 13.7. The number of aromatic amines is 1. The SMILES string of the molecule is Cl.O=C(NC1CCOC1c1ccc(Cl)c(F)c1)c1n[nH]c2c1CNCC2. The zero-order valence-corrected chi connectivity index (χ0v) is 15.4. The molecule has 26 heavy (non-hydrogen) atoms. The number of hydrogen-bond donors (Lipinski definition) is 3. The Morgan fingerprint density at radius 3 is 3.08 bits per heavy atom. The third-order valence-corrected chi connectivity index (χ3v) is 5.01. The Morgan fingerprint density at radius 2 is 2.27 bits per heavy atom. The predicted octanol–water partition coefficient (Wildman–Crippen LogP) is 2.53. The van der Waals surface area contributed by atoms with Crippen LogP contribution in [-0.2, 0) is 17.7 Å². The van der Waals surface area contributed by atoms with E-state index in [0.717, 1.165) is 24.2 Å². The van der Waals surface area contributed by atoms with E-state index in [-0.39, 0.29) is 29.4 Å². The van der Waals surface area contributed by atoms with Gasteiger partial charge < -0.3 is 15.4 Å². The quantitative estimate of drug-likeness (QED) is 0.739. The lowest BCUT2D eigenvalue weighted by Gasteiger charge is -2.20. The fourth-order valence-electron chi connectivity index (χ4n) is 3.41. The zero-order chi connectivity index (χ0) is 17.4. The first-order valence-corrected chi connectivity index (χ1v) is 8.65. The topological polar surface area (TPSA) is 79.0 Å². The molecule has 0 radical (unpaired) electrons. The van der Waals surface area contributed by atoms with E-state index < -0.39 is 11.9 Å². The van der Waals surface area contributed by atoms with Crippen molar-refractivity contribution >= 4 is 29.9 Å². The number of ether oxygens (including phenoxy) is 1. The van der Waals surface area contributed by atoms with Gasteiger partial charge in [-0.1, -0.05) is 17.7 Å². The number of aromatic nitrogens is 2. The summed E-state index contributed by atoms with van der Waals surface area (Å²) in [5.74, 6) is -0.733. The van der Waals surface area contributed by atoms with Crippen molar-refractivity contribution in [3.63, 3.8) is 0 Å². The third kappa shape index (κ3) is 3.57. The Kier molecular flexibility index (Phi) is 5.82. The summed E-state index contributed by atoms with van der Waals surface area (Å²) in [5.41, 5.74) is 2.99. The summed E-state index contributed by atoms with van der Waals surface area (Å²) in [4.78, 5) is 12.7. The summed E-state index contributed by atoms with van der Waals surface area (Å²) in [5, 5.41) is 13.4. The molecule has 3 N–H and O–H groups in total. The standard InChI is InChI=1S/C17H18ClFN4O2.ClH/c18-11-2-1-9(7-12(11)19)16-14(4-6-25-16)21-17(24)15-10-8-20-5-3-13(10)22-23-15;/h1-2,7,14,16,20H,3-6,8H2,(H,21,24)(H,22,23);1H. The second-order valence-electron chi connectivity index (χ2n) is 6.29. The summed E-state index contributed by atoms with van der Waals surface area (Å²) in [6.07, 6.45) is 1.09. The smallest absolute Gasteiger partial charge is 0.272 e. The molecule has 4 rings (SSSR count). The molecule has 9 heteroatoms. The molecule has 1 saturated heterocycles. The van der Waals surface area contributed by atoms with Crippen molar-refractivity contribution in [2.45, 2.75) is 31.5 Å². The number of carbonyl (C=O) groups excluding carboxylic acids is 1. The van der Waals surface area contributed by atoms with Crippen LogP contribution in [0.4, 0.5) is 4.39 Å². The number of fused-ring (bicyclic) bond motifs is 1. The van der Waals surface area contributed by atoms with E-state index in [1.165, 1.54) is 12.1 Å². The van der Waals surface area contributed by atoms with Crippen molar-refractivity contribution < 1.29 is 13.9 Å². The highest BCUT2D eigenvalue weighted by atomic mass is 35.5. The van der Waals surface area contributed by atoms with E-state index in [2.05, 4.69) is 20.8 Å². The van der Waals surface area contributed by atoms with Crippen LogP contribution in [0.1, 0.15) is 39.8 Å². The Morgan fingerprint density at radius 1 is 1.42 bits per heavy atom. The average Bonchev–Trinajstić information content (AvgIpc) is 3.24. The van der Waals surface area contributed by atoms with Crippen molar-refractivity contribution in [1.29, 1.82) is 0 Å². The number of rotatable bonds is 3. The molecule has 1 aromatic heterocycles. The molecular formula is C17H19Cl2FN4O2. The van der Waals surface area contributed by atoms with Gasteiger partial charge in [0.05, 0.1) is 11.1 Å². The number of nitrogens with one attached hydrogen (secondary N) is 3. The number of amides is 1. The molecule has 0 bridgehead atoms. The average molecular weight is 401 g/mol. The van der Waals surface area contributed by atoms with Crippen LogP contribution in [0.25, 0.3) is 0 Å². The molecule has 0 spiro atoms. The van der Waals surface area contributed by atoms with Crippen LogP contribution in [0.3, 0.4) is 0 Å². The van der Waals surface area contributed by atoms with E-state index in [1.54, 1.807) is 6.07 Å². The van der Waals surface area contributed by atoms with Crippen LogP contribution in [0.5, 0.6) is 0 Å². The van der Waals surface area contributed by atoms with Gasteiger partial charge in [0, 0.05) is 37.4 Å². The maximum Gasteiger partial charge on any atom is 0.272 e. The van der Waals surface area contributed by atoms with Crippen molar-refractivity contribution in [2.24, 2.45) is 0 Å². The summed E-state index contributed by atoms with van der Waals surface area (Å²) < 4.78 is 19.5. The second kappa shape index (κ2) is 7.92. The number of carbonyl (C=O) groups is 1. The highest BCUT2D eigenvalue weighted by molar-refractivity contribution is 6.30. The molecule has 1 amide bonds. The Hall–Kier alpha value is -1.67. The zero-order valence-electron chi connectivity index (χ0n) is 13.9. The lowest BCUT2D eigenvalue weighted by Crippen LogP contribution is -2.38. The molecule has 6 nitrogen and oxygen atoms in total. The van der Waals surface area contributed by atoms with Crippen molar-refractivity contribution in [2.75, 3.05) is 13.2 Å². The van der Waals surface area contributed by atoms with Gasteiger partial charge in [-0.25, -0.2) is 4.39 Å². The number of benzene rings is 1. The van der Waals surface area contributed by atoms with E-state index in [1.807, 2.05) is 0 Å². The van der Waals surface area contributed by atoms with E-state index in [0.29, 0.717) is 30.8 Å². The Bertz CT molecular complexity index is 814. The summed E-state index contributed by atoms with van der Waals surface area (Å²) in [6.45, 7) is 2.00. The summed E-state index contributed by atoms with van der Waals surface area (Å²) >= 11 is 5.74. The van der Waals surface area contributed by atoms with Crippen molar-refractivity contribution in [3.05, 3.63) is 51.6 Å². The normalized spacial score (nSPS) is 21.8. The lowest BCUT2D eigenvalue weighted by atomic mass is 10.0. The van der Waals surface area contributed by atoms with Gasteiger partial charge in [0.1, 0.15) is 11.9 Å². The van der Waals surface area contributed by atoms with Gasteiger partial charge in [-0.2, -0.15) is 5.10 Å². The number of H-pyrrole nitrogens is 1. The first kappa shape index (κ1) is 19.1. The fraction of sp³-hybridized carbons (Fsp3) is 0.412. The molecule has 3 heterocycles. The molecule has 2 unspecified atom stereocenters. The molecule has 1 fully saturated rings. The monoisotopic (exact) mass is 400 g/mol. The molecule has 1 aromatic carbocycles. The first-order chi connectivity index (χ1) is 12.1. The second-order valence-corrected chi connectivity index (χ2v) is 6.70. The van der Waals surface area contributed by atoms with Crippen LogP contribution in [0.2, 0.25) is 5.02 Å².